The van der Waals surface area contributed by atoms with Crippen molar-refractivity contribution in [3.05, 3.63) is 23.9 Å². The second-order valence-corrected chi connectivity index (χ2v) is 4.93. The summed E-state index contributed by atoms with van der Waals surface area (Å²) in [5.74, 6) is 0.656. The smallest absolute Gasteiger partial charge is 0.254 e. The summed E-state index contributed by atoms with van der Waals surface area (Å²) in [5.41, 5.74) is -0.147. The summed E-state index contributed by atoms with van der Waals surface area (Å²) in [4.78, 5) is 18.1. The Hall–Kier alpha value is -1.62. The van der Waals surface area contributed by atoms with Crippen molar-refractivity contribution in [2.45, 2.75) is 25.9 Å². The fourth-order valence-corrected chi connectivity index (χ4v) is 2.14. The van der Waals surface area contributed by atoms with E-state index >= 15 is 0 Å². The summed E-state index contributed by atoms with van der Waals surface area (Å²) >= 11 is 0. The van der Waals surface area contributed by atoms with Crippen molar-refractivity contribution in [1.29, 1.82) is 0 Å². The molecule has 5 heteroatoms. The molecule has 1 aliphatic heterocycles. The van der Waals surface area contributed by atoms with Gasteiger partial charge in [-0.2, -0.15) is 0 Å². The number of nitrogens with zero attached hydrogens (tertiary/aromatic N) is 2. The second-order valence-electron chi connectivity index (χ2n) is 4.93. The van der Waals surface area contributed by atoms with Crippen molar-refractivity contribution in [2.75, 3.05) is 25.0 Å². The Labute approximate surface area is 107 Å². The molecule has 1 aromatic heterocycles. The first-order valence-electron chi connectivity index (χ1n) is 6.23. The van der Waals surface area contributed by atoms with Gasteiger partial charge in [0.15, 0.2) is 0 Å². The number of aliphatic hydroxyl groups is 1. The highest BCUT2D eigenvalue weighted by Crippen LogP contribution is 2.22. The number of pyridine rings is 1. The molecule has 1 saturated heterocycles. The van der Waals surface area contributed by atoms with Crippen molar-refractivity contribution in [3.63, 3.8) is 0 Å². The van der Waals surface area contributed by atoms with Gasteiger partial charge in [0.25, 0.3) is 5.91 Å². The standard InChI is InChI=1S/C13H19N3O2/c1-3-14-11-8-10(4-6-15-11)12(17)16-7-5-13(2,18)9-16/h4,6,8,18H,3,5,7,9H2,1-2H3,(H,14,15). The second kappa shape index (κ2) is 4.94. The molecule has 1 amide bonds. The van der Waals surface area contributed by atoms with Gasteiger partial charge in [-0.05, 0) is 32.4 Å². The van der Waals surface area contributed by atoms with Gasteiger partial charge in [-0.3, -0.25) is 4.79 Å². The Morgan fingerprint density at radius 3 is 3.06 bits per heavy atom. The Balaban J connectivity index is 2.12. The Morgan fingerprint density at radius 1 is 1.67 bits per heavy atom. The first-order chi connectivity index (χ1) is 8.52. The average Bonchev–Trinajstić information content (AvgIpc) is 2.70. The minimum Gasteiger partial charge on any atom is -0.388 e. The van der Waals surface area contributed by atoms with E-state index in [1.807, 2.05) is 6.92 Å². The van der Waals surface area contributed by atoms with Crippen LogP contribution in [0.4, 0.5) is 5.82 Å². The normalized spacial score (nSPS) is 23.2. The maximum atomic E-state index is 12.3. The van der Waals surface area contributed by atoms with E-state index < -0.39 is 5.60 Å². The maximum absolute atomic E-state index is 12.3. The SMILES string of the molecule is CCNc1cc(C(=O)N2CCC(C)(O)C2)ccn1. The molecular weight excluding hydrogens is 230 g/mol. The Kier molecular flexibility index (Phi) is 3.52. The molecular formula is C13H19N3O2. The lowest BCUT2D eigenvalue weighted by Gasteiger charge is -2.19. The highest BCUT2D eigenvalue weighted by atomic mass is 16.3. The largest absolute Gasteiger partial charge is 0.388 e. The molecule has 18 heavy (non-hydrogen) atoms. The maximum Gasteiger partial charge on any atom is 0.254 e. The van der Waals surface area contributed by atoms with Crippen LogP contribution in [0.1, 0.15) is 30.6 Å². The van der Waals surface area contributed by atoms with E-state index in [1.54, 1.807) is 30.2 Å². The van der Waals surface area contributed by atoms with E-state index in [2.05, 4.69) is 10.3 Å². The topological polar surface area (TPSA) is 65.5 Å². The summed E-state index contributed by atoms with van der Waals surface area (Å²) in [6.07, 6.45) is 2.25. The summed E-state index contributed by atoms with van der Waals surface area (Å²) in [6.45, 7) is 5.50. The number of amides is 1. The molecule has 0 saturated carbocycles. The van der Waals surface area contributed by atoms with Crippen LogP contribution >= 0.6 is 0 Å². The molecule has 0 aliphatic carbocycles. The fraction of sp³-hybridized carbons (Fsp3) is 0.538. The van der Waals surface area contributed by atoms with E-state index in [-0.39, 0.29) is 5.91 Å². The highest BCUT2D eigenvalue weighted by Gasteiger charge is 2.34. The predicted molar refractivity (Wildman–Crippen MR) is 69.5 cm³/mol. The van der Waals surface area contributed by atoms with Gasteiger partial charge < -0.3 is 15.3 Å². The third-order valence-electron chi connectivity index (χ3n) is 3.10. The van der Waals surface area contributed by atoms with Crippen LogP contribution in [0.15, 0.2) is 18.3 Å². The first-order valence-corrected chi connectivity index (χ1v) is 6.23. The molecule has 1 unspecified atom stereocenters. The van der Waals surface area contributed by atoms with Crippen LogP contribution in [0, 0.1) is 0 Å². The molecule has 2 N–H and O–H groups in total. The number of nitrogens with one attached hydrogen (secondary N) is 1. The summed E-state index contributed by atoms with van der Waals surface area (Å²) in [5, 5.41) is 13.0. The van der Waals surface area contributed by atoms with Gasteiger partial charge >= 0.3 is 0 Å². The number of β-amino-alcohol motifs (C(OH)–C–C–N with tert-alkyl or cyclic N) is 1. The Morgan fingerprint density at radius 2 is 2.44 bits per heavy atom. The predicted octanol–water partition coefficient (Wildman–Crippen LogP) is 1.11. The Bertz CT molecular complexity index is 446. The number of rotatable bonds is 3. The van der Waals surface area contributed by atoms with Gasteiger partial charge in [-0.1, -0.05) is 0 Å². The van der Waals surface area contributed by atoms with Crippen LogP contribution in [0.5, 0.6) is 0 Å². The molecule has 1 aromatic rings. The molecule has 0 bridgehead atoms. The molecule has 1 fully saturated rings. The zero-order valence-electron chi connectivity index (χ0n) is 10.8. The molecule has 1 atom stereocenters. The van der Waals surface area contributed by atoms with E-state index in [0.717, 1.165) is 6.54 Å². The minimum atomic E-state index is -0.757. The van der Waals surface area contributed by atoms with E-state index in [1.165, 1.54) is 0 Å². The number of carbonyl (C=O) groups is 1. The van der Waals surface area contributed by atoms with Crippen molar-refractivity contribution in [3.8, 4) is 0 Å². The molecule has 0 spiro atoms. The zero-order valence-corrected chi connectivity index (χ0v) is 10.8. The van der Waals surface area contributed by atoms with Crippen molar-refractivity contribution in [2.24, 2.45) is 0 Å². The monoisotopic (exact) mass is 249 g/mol. The molecule has 5 nitrogen and oxygen atoms in total. The number of aromatic nitrogens is 1. The molecule has 1 aliphatic rings. The highest BCUT2D eigenvalue weighted by molar-refractivity contribution is 5.95. The lowest BCUT2D eigenvalue weighted by Crippen LogP contribution is -2.33. The van der Waals surface area contributed by atoms with Crippen LogP contribution in [0.3, 0.4) is 0 Å². The van der Waals surface area contributed by atoms with Crippen LogP contribution < -0.4 is 5.32 Å². The molecule has 2 heterocycles. The van der Waals surface area contributed by atoms with Gasteiger partial charge in [0.1, 0.15) is 5.82 Å². The summed E-state index contributed by atoms with van der Waals surface area (Å²) < 4.78 is 0. The number of hydrogen-bond donors (Lipinski definition) is 2. The lowest BCUT2D eigenvalue weighted by atomic mass is 10.1. The number of anilines is 1. The van der Waals surface area contributed by atoms with Gasteiger partial charge in [-0.15, -0.1) is 0 Å². The molecule has 0 radical (unpaired) electrons. The van der Waals surface area contributed by atoms with Crippen LogP contribution in [0.25, 0.3) is 0 Å². The van der Waals surface area contributed by atoms with E-state index in [9.17, 15) is 9.90 Å². The van der Waals surface area contributed by atoms with Crippen molar-refractivity contribution >= 4 is 11.7 Å². The first kappa shape index (κ1) is 12.8. The number of carbonyl (C=O) groups excluding carboxylic acids is 1. The fourth-order valence-electron chi connectivity index (χ4n) is 2.14. The quantitative estimate of drug-likeness (QED) is 0.842. The molecule has 0 aromatic carbocycles. The van der Waals surface area contributed by atoms with E-state index in [4.69, 9.17) is 0 Å². The molecule has 2 rings (SSSR count). The van der Waals surface area contributed by atoms with Crippen LogP contribution in [-0.4, -0.2) is 46.1 Å². The third-order valence-corrected chi connectivity index (χ3v) is 3.10. The summed E-state index contributed by atoms with van der Waals surface area (Å²) in [7, 11) is 0. The van der Waals surface area contributed by atoms with Crippen LogP contribution in [0.2, 0.25) is 0 Å². The number of likely N-dealkylation sites (tertiary alicyclic amines) is 1. The van der Waals surface area contributed by atoms with Crippen molar-refractivity contribution < 1.29 is 9.90 Å². The zero-order chi connectivity index (χ0) is 13.2. The van der Waals surface area contributed by atoms with Gasteiger partial charge in [0, 0.05) is 31.4 Å². The average molecular weight is 249 g/mol. The van der Waals surface area contributed by atoms with Gasteiger partial charge in [-0.25, -0.2) is 4.98 Å². The van der Waals surface area contributed by atoms with Crippen LogP contribution in [-0.2, 0) is 0 Å². The van der Waals surface area contributed by atoms with Crippen molar-refractivity contribution in [1.82, 2.24) is 9.88 Å². The number of hydrogen-bond acceptors (Lipinski definition) is 4. The van der Waals surface area contributed by atoms with Gasteiger partial charge in [0.05, 0.1) is 5.60 Å². The minimum absolute atomic E-state index is 0.0469. The van der Waals surface area contributed by atoms with Gasteiger partial charge in [0.2, 0.25) is 0 Å². The molecule has 98 valence electrons. The third kappa shape index (κ3) is 2.79. The lowest BCUT2D eigenvalue weighted by molar-refractivity contribution is 0.0572. The summed E-state index contributed by atoms with van der Waals surface area (Å²) in [6, 6.07) is 3.45. The van der Waals surface area contributed by atoms with E-state index in [0.29, 0.717) is 30.9 Å².